The molecule has 4 heteroatoms. The maximum absolute atomic E-state index is 5.63. The summed E-state index contributed by atoms with van der Waals surface area (Å²) < 4.78 is 12.0. The summed E-state index contributed by atoms with van der Waals surface area (Å²) in [5, 5.41) is 0. The van der Waals surface area contributed by atoms with Crippen LogP contribution in [-0.4, -0.2) is 19.4 Å². The van der Waals surface area contributed by atoms with Gasteiger partial charge in [-0.1, -0.05) is 28.6 Å². The summed E-state index contributed by atoms with van der Waals surface area (Å²) in [5.41, 5.74) is 1.77. The average molecular weight is 360 g/mol. The number of ether oxygens (including phenoxy) is 2. The molecule has 0 saturated heterocycles. The van der Waals surface area contributed by atoms with Crippen molar-refractivity contribution in [1.29, 1.82) is 0 Å². The van der Waals surface area contributed by atoms with Crippen LogP contribution in [0, 0.1) is 0 Å². The first-order chi connectivity index (χ1) is 10.7. The average Bonchev–Trinajstić information content (AvgIpc) is 2.53. The molecule has 0 amide bonds. The van der Waals surface area contributed by atoms with Crippen molar-refractivity contribution in [3.05, 3.63) is 65.2 Å². The Labute approximate surface area is 139 Å². The standard InChI is InChI=1S/C18H18BrNO2/c1-3-11-22-18-10-5-15(19)12-14(18)13-20-16-6-8-17(9-7-16)21-4-2/h3,5-10,12-13H,1,4,11H2,2H3. The van der Waals surface area contributed by atoms with Crippen LogP contribution in [0.2, 0.25) is 0 Å². The molecule has 0 aromatic heterocycles. The van der Waals surface area contributed by atoms with E-state index >= 15 is 0 Å². The number of halogens is 1. The third-order valence-electron chi connectivity index (χ3n) is 2.83. The third-order valence-corrected chi connectivity index (χ3v) is 3.32. The molecule has 0 radical (unpaired) electrons. The zero-order chi connectivity index (χ0) is 15.8. The SMILES string of the molecule is C=CCOc1ccc(Br)cc1C=Nc1ccc(OCC)cc1. The quantitative estimate of drug-likeness (QED) is 0.504. The zero-order valence-corrected chi connectivity index (χ0v) is 14.0. The normalized spacial score (nSPS) is 10.6. The summed E-state index contributed by atoms with van der Waals surface area (Å²) >= 11 is 3.46. The Balaban J connectivity index is 2.17. The van der Waals surface area contributed by atoms with E-state index in [1.165, 1.54) is 0 Å². The number of hydrogen-bond donors (Lipinski definition) is 0. The molecule has 0 fully saturated rings. The van der Waals surface area contributed by atoms with E-state index in [0.717, 1.165) is 27.2 Å². The topological polar surface area (TPSA) is 30.8 Å². The highest BCUT2D eigenvalue weighted by atomic mass is 79.9. The van der Waals surface area contributed by atoms with Gasteiger partial charge in [0.05, 0.1) is 12.3 Å². The molecule has 3 nitrogen and oxygen atoms in total. The molecule has 0 aliphatic heterocycles. The maximum Gasteiger partial charge on any atom is 0.128 e. The fourth-order valence-corrected chi connectivity index (χ4v) is 2.22. The highest BCUT2D eigenvalue weighted by molar-refractivity contribution is 9.10. The van der Waals surface area contributed by atoms with E-state index in [1.54, 1.807) is 12.3 Å². The lowest BCUT2D eigenvalue weighted by atomic mass is 10.2. The minimum absolute atomic E-state index is 0.464. The molecule has 0 N–H and O–H groups in total. The van der Waals surface area contributed by atoms with E-state index in [0.29, 0.717) is 13.2 Å². The molecule has 22 heavy (non-hydrogen) atoms. The molecular formula is C18H18BrNO2. The monoisotopic (exact) mass is 359 g/mol. The predicted octanol–water partition coefficient (Wildman–Crippen LogP) is 5.16. The van der Waals surface area contributed by atoms with Crippen molar-refractivity contribution in [2.75, 3.05) is 13.2 Å². The smallest absolute Gasteiger partial charge is 0.128 e. The molecule has 0 heterocycles. The van der Waals surface area contributed by atoms with E-state index in [9.17, 15) is 0 Å². The highest BCUT2D eigenvalue weighted by Crippen LogP contribution is 2.23. The van der Waals surface area contributed by atoms with Gasteiger partial charge < -0.3 is 9.47 Å². The van der Waals surface area contributed by atoms with E-state index in [2.05, 4.69) is 27.5 Å². The van der Waals surface area contributed by atoms with Gasteiger partial charge in [-0.15, -0.1) is 0 Å². The third kappa shape index (κ3) is 4.74. The second-order valence-electron chi connectivity index (χ2n) is 4.47. The fourth-order valence-electron chi connectivity index (χ4n) is 1.84. The van der Waals surface area contributed by atoms with E-state index in [4.69, 9.17) is 9.47 Å². The second-order valence-corrected chi connectivity index (χ2v) is 5.38. The molecule has 0 aliphatic rings. The van der Waals surface area contributed by atoms with E-state index < -0.39 is 0 Å². The number of hydrogen-bond acceptors (Lipinski definition) is 3. The van der Waals surface area contributed by atoms with Crippen molar-refractivity contribution in [3.63, 3.8) is 0 Å². The first-order valence-corrected chi connectivity index (χ1v) is 7.82. The zero-order valence-electron chi connectivity index (χ0n) is 12.5. The molecule has 0 aliphatic carbocycles. The Kier molecular flexibility index (Phi) is 6.22. The van der Waals surface area contributed by atoms with Gasteiger partial charge >= 0.3 is 0 Å². The van der Waals surface area contributed by atoms with Crippen LogP contribution in [0.4, 0.5) is 5.69 Å². The fraction of sp³-hybridized carbons (Fsp3) is 0.167. The van der Waals surface area contributed by atoms with Gasteiger partial charge in [-0.05, 0) is 49.4 Å². The molecule has 2 aromatic rings. The summed E-state index contributed by atoms with van der Waals surface area (Å²) in [6.45, 7) is 6.74. The summed E-state index contributed by atoms with van der Waals surface area (Å²) in [7, 11) is 0. The summed E-state index contributed by atoms with van der Waals surface area (Å²) in [6, 6.07) is 13.5. The lowest BCUT2D eigenvalue weighted by molar-refractivity contribution is 0.340. The van der Waals surface area contributed by atoms with Crippen LogP contribution >= 0.6 is 15.9 Å². The van der Waals surface area contributed by atoms with Gasteiger partial charge in [0.2, 0.25) is 0 Å². The lowest BCUT2D eigenvalue weighted by Crippen LogP contribution is -1.96. The van der Waals surface area contributed by atoms with Gasteiger partial charge in [0, 0.05) is 16.3 Å². The molecule has 0 bridgehead atoms. The number of rotatable bonds is 7. The summed E-state index contributed by atoms with van der Waals surface area (Å²) in [4.78, 5) is 4.48. The molecule has 2 aromatic carbocycles. The highest BCUT2D eigenvalue weighted by Gasteiger charge is 2.02. The van der Waals surface area contributed by atoms with Gasteiger partial charge in [-0.2, -0.15) is 0 Å². The number of aliphatic imine (C=N–C) groups is 1. The van der Waals surface area contributed by atoms with Crippen molar-refractivity contribution in [3.8, 4) is 11.5 Å². The van der Waals surface area contributed by atoms with Crippen molar-refractivity contribution < 1.29 is 9.47 Å². The molecule has 114 valence electrons. The number of benzene rings is 2. The van der Waals surface area contributed by atoms with Crippen LogP contribution in [0.5, 0.6) is 11.5 Å². The van der Waals surface area contributed by atoms with Gasteiger partial charge in [0.15, 0.2) is 0 Å². The molecular weight excluding hydrogens is 342 g/mol. The molecule has 2 rings (SSSR count). The van der Waals surface area contributed by atoms with Crippen molar-refractivity contribution in [2.24, 2.45) is 4.99 Å². The van der Waals surface area contributed by atoms with Gasteiger partial charge in [-0.25, -0.2) is 0 Å². The Morgan fingerprint density at radius 3 is 2.59 bits per heavy atom. The van der Waals surface area contributed by atoms with E-state index in [1.807, 2.05) is 49.4 Å². The molecule has 0 atom stereocenters. The summed E-state index contributed by atoms with van der Waals surface area (Å²) in [5.74, 6) is 1.62. The Bertz CT molecular complexity index is 651. The van der Waals surface area contributed by atoms with Crippen molar-refractivity contribution in [2.45, 2.75) is 6.92 Å². The minimum atomic E-state index is 0.464. The van der Waals surface area contributed by atoms with Crippen LogP contribution < -0.4 is 9.47 Å². The molecule has 0 saturated carbocycles. The van der Waals surface area contributed by atoms with Gasteiger partial charge in [-0.3, -0.25) is 4.99 Å². The summed E-state index contributed by atoms with van der Waals surface area (Å²) in [6.07, 6.45) is 3.51. The van der Waals surface area contributed by atoms with Crippen LogP contribution in [0.25, 0.3) is 0 Å². The molecule has 0 spiro atoms. The first-order valence-electron chi connectivity index (χ1n) is 7.03. The minimum Gasteiger partial charge on any atom is -0.494 e. The Morgan fingerprint density at radius 2 is 1.91 bits per heavy atom. The molecule has 0 unspecified atom stereocenters. The van der Waals surface area contributed by atoms with Crippen molar-refractivity contribution >= 4 is 27.8 Å². The van der Waals surface area contributed by atoms with Crippen LogP contribution in [0.15, 0.2) is 64.6 Å². The second kappa shape index (κ2) is 8.39. The van der Waals surface area contributed by atoms with Crippen LogP contribution in [-0.2, 0) is 0 Å². The predicted molar refractivity (Wildman–Crippen MR) is 94.7 cm³/mol. The number of nitrogens with zero attached hydrogens (tertiary/aromatic N) is 1. The first kappa shape index (κ1) is 16.3. The van der Waals surface area contributed by atoms with Crippen LogP contribution in [0.1, 0.15) is 12.5 Å². The Morgan fingerprint density at radius 1 is 1.14 bits per heavy atom. The van der Waals surface area contributed by atoms with Crippen LogP contribution in [0.3, 0.4) is 0 Å². The lowest BCUT2D eigenvalue weighted by Gasteiger charge is -2.07. The van der Waals surface area contributed by atoms with E-state index in [-0.39, 0.29) is 0 Å². The van der Waals surface area contributed by atoms with Gasteiger partial charge in [0.25, 0.3) is 0 Å². The van der Waals surface area contributed by atoms with Gasteiger partial charge in [0.1, 0.15) is 18.1 Å². The maximum atomic E-state index is 5.63. The van der Waals surface area contributed by atoms with Crippen molar-refractivity contribution in [1.82, 2.24) is 0 Å². The largest absolute Gasteiger partial charge is 0.494 e. The Hall–Kier alpha value is -2.07.